The first-order valence-corrected chi connectivity index (χ1v) is 7.33. The van der Waals surface area contributed by atoms with Gasteiger partial charge in [-0.3, -0.25) is 14.9 Å². The van der Waals surface area contributed by atoms with Gasteiger partial charge >= 0.3 is 12.0 Å². The summed E-state index contributed by atoms with van der Waals surface area (Å²) < 4.78 is 9.74. The van der Waals surface area contributed by atoms with E-state index in [2.05, 4.69) is 20.4 Å². The molecule has 0 atom stereocenters. The molecule has 3 rings (SSSR count). The second kappa shape index (κ2) is 6.53. The van der Waals surface area contributed by atoms with Gasteiger partial charge < -0.3 is 14.5 Å². The molecule has 8 heteroatoms. The number of amides is 2. The molecule has 2 aromatic rings. The van der Waals surface area contributed by atoms with E-state index in [1.807, 2.05) is 0 Å². The lowest BCUT2D eigenvalue weighted by Gasteiger charge is -2.08. The third-order valence-electron chi connectivity index (χ3n) is 3.50. The molecule has 0 unspecified atom stereocenters. The van der Waals surface area contributed by atoms with Crippen molar-refractivity contribution in [1.29, 1.82) is 0 Å². The van der Waals surface area contributed by atoms with Crippen LogP contribution in [0.2, 0.25) is 0 Å². The van der Waals surface area contributed by atoms with Gasteiger partial charge in [0.2, 0.25) is 5.91 Å². The maximum absolute atomic E-state index is 12.2. The second-order valence-electron chi connectivity index (χ2n) is 5.29. The highest BCUT2D eigenvalue weighted by molar-refractivity contribution is 6.07. The van der Waals surface area contributed by atoms with E-state index in [0.717, 1.165) is 19.1 Å². The van der Waals surface area contributed by atoms with Gasteiger partial charge in [-0.1, -0.05) is 12.1 Å². The Hall–Kier alpha value is -3.16. The number of anilines is 2. The van der Waals surface area contributed by atoms with Crippen LogP contribution in [-0.4, -0.2) is 29.9 Å². The van der Waals surface area contributed by atoms with E-state index in [1.165, 1.54) is 13.2 Å². The molecule has 0 radical (unpaired) electrons. The molecule has 1 fully saturated rings. The van der Waals surface area contributed by atoms with E-state index in [-0.39, 0.29) is 29.1 Å². The maximum Gasteiger partial charge on any atom is 0.339 e. The number of aromatic nitrogens is 1. The molecule has 1 aromatic heterocycles. The van der Waals surface area contributed by atoms with Crippen LogP contribution in [-0.2, 0) is 9.53 Å². The lowest BCUT2D eigenvalue weighted by Crippen LogP contribution is -2.16. The summed E-state index contributed by atoms with van der Waals surface area (Å²) in [6, 6.07) is 6.40. The monoisotopic (exact) mass is 329 g/mol. The lowest BCUT2D eigenvalue weighted by atomic mass is 10.2. The highest BCUT2D eigenvalue weighted by Gasteiger charge is 2.30. The lowest BCUT2D eigenvalue weighted by molar-refractivity contribution is -0.117. The fraction of sp³-hybridized carbons (Fsp3) is 0.250. The number of para-hydroxylation sites is 1. The topological polar surface area (TPSA) is 111 Å². The molecule has 0 spiro atoms. The first kappa shape index (κ1) is 15.7. The van der Waals surface area contributed by atoms with E-state index < -0.39 is 11.9 Å². The molecule has 1 aliphatic carbocycles. The van der Waals surface area contributed by atoms with Crippen molar-refractivity contribution in [2.75, 3.05) is 17.7 Å². The first-order chi connectivity index (χ1) is 11.6. The quantitative estimate of drug-likeness (QED) is 0.812. The Labute approximate surface area is 137 Å². The van der Waals surface area contributed by atoms with Gasteiger partial charge in [-0.05, 0) is 25.0 Å². The van der Waals surface area contributed by atoms with E-state index in [0.29, 0.717) is 5.69 Å². The van der Waals surface area contributed by atoms with Crippen molar-refractivity contribution in [2.45, 2.75) is 12.8 Å². The largest absolute Gasteiger partial charge is 0.465 e. The number of benzene rings is 1. The van der Waals surface area contributed by atoms with Crippen molar-refractivity contribution in [2.24, 2.45) is 5.92 Å². The predicted molar refractivity (Wildman–Crippen MR) is 83.6 cm³/mol. The summed E-state index contributed by atoms with van der Waals surface area (Å²) in [7, 11) is 1.26. The Balaban J connectivity index is 1.70. The van der Waals surface area contributed by atoms with Gasteiger partial charge in [-0.25, -0.2) is 4.79 Å². The third kappa shape index (κ3) is 3.43. The minimum Gasteiger partial charge on any atom is -0.465 e. The van der Waals surface area contributed by atoms with Gasteiger partial charge in [0.25, 0.3) is 5.91 Å². The fourth-order valence-corrected chi connectivity index (χ4v) is 2.05. The van der Waals surface area contributed by atoms with E-state index in [1.54, 1.807) is 18.2 Å². The van der Waals surface area contributed by atoms with Gasteiger partial charge in [0.05, 0.1) is 18.4 Å². The van der Waals surface area contributed by atoms with Crippen LogP contribution in [0.3, 0.4) is 0 Å². The summed E-state index contributed by atoms with van der Waals surface area (Å²) in [4.78, 5) is 39.5. The molecule has 2 amide bonds. The van der Waals surface area contributed by atoms with Crippen LogP contribution in [0.15, 0.2) is 34.9 Å². The number of hydrogen-bond donors (Lipinski definition) is 2. The Bertz CT molecular complexity index is 795. The number of rotatable bonds is 5. The summed E-state index contributed by atoms with van der Waals surface area (Å²) in [6.45, 7) is 0. The highest BCUT2D eigenvalue weighted by atomic mass is 16.5. The number of carbonyl (C=O) groups excluding carboxylic acids is 3. The number of nitrogens with zero attached hydrogens (tertiary/aromatic N) is 1. The van der Waals surface area contributed by atoms with Crippen LogP contribution in [0.4, 0.5) is 11.7 Å². The van der Waals surface area contributed by atoms with Crippen LogP contribution in [0.5, 0.6) is 0 Å². The van der Waals surface area contributed by atoms with Gasteiger partial charge in [0.1, 0.15) is 6.26 Å². The van der Waals surface area contributed by atoms with Gasteiger partial charge in [-0.2, -0.15) is 4.98 Å². The zero-order chi connectivity index (χ0) is 17.1. The van der Waals surface area contributed by atoms with Crippen molar-refractivity contribution >= 4 is 29.5 Å². The van der Waals surface area contributed by atoms with Gasteiger partial charge in [0, 0.05) is 5.92 Å². The number of ether oxygens (including phenoxy) is 1. The SMILES string of the molecule is COC(=O)c1ccccc1NC(=O)c1coc(NC(=O)C2CC2)n1. The van der Waals surface area contributed by atoms with E-state index in [4.69, 9.17) is 4.42 Å². The average molecular weight is 329 g/mol. The molecule has 1 aromatic carbocycles. The molecule has 24 heavy (non-hydrogen) atoms. The number of esters is 1. The molecule has 0 aliphatic heterocycles. The zero-order valence-corrected chi connectivity index (χ0v) is 12.9. The summed E-state index contributed by atoms with van der Waals surface area (Å²) in [5.74, 6) is -1.30. The molecule has 0 saturated heterocycles. The molecular formula is C16H15N3O5. The highest BCUT2D eigenvalue weighted by Crippen LogP contribution is 2.30. The number of nitrogens with one attached hydrogen (secondary N) is 2. The second-order valence-corrected chi connectivity index (χ2v) is 5.29. The van der Waals surface area contributed by atoms with Crippen LogP contribution in [0.1, 0.15) is 33.7 Å². The van der Waals surface area contributed by atoms with Crippen LogP contribution < -0.4 is 10.6 Å². The number of oxazole rings is 1. The maximum atomic E-state index is 12.2. The fourth-order valence-electron chi connectivity index (χ4n) is 2.05. The predicted octanol–water partition coefficient (Wildman–Crippen LogP) is 2.06. The van der Waals surface area contributed by atoms with Crippen molar-refractivity contribution in [3.05, 3.63) is 41.8 Å². The van der Waals surface area contributed by atoms with Gasteiger partial charge in [-0.15, -0.1) is 0 Å². The number of hydrogen-bond acceptors (Lipinski definition) is 6. The van der Waals surface area contributed by atoms with Gasteiger partial charge in [0.15, 0.2) is 5.69 Å². The van der Waals surface area contributed by atoms with Crippen molar-refractivity contribution < 1.29 is 23.5 Å². The van der Waals surface area contributed by atoms with Crippen molar-refractivity contribution in [3.8, 4) is 0 Å². The Morgan fingerprint density at radius 1 is 1.21 bits per heavy atom. The molecule has 2 N–H and O–H groups in total. The van der Waals surface area contributed by atoms with E-state index >= 15 is 0 Å². The summed E-state index contributed by atoms with van der Waals surface area (Å²) >= 11 is 0. The minimum atomic E-state index is -0.568. The van der Waals surface area contributed by atoms with Crippen molar-refractivity contribution in [1.82, 2.24) is 4.98 Å². The smallest absolute Gasteiger partial charge is 0.339 e. The van der Waals surface area contributed by atoms with Crippen molar-refractivity contribution in [3.63, 3.8) is 0 Å². The molecular weight excluding hydrogens is 314 g/mol. The summed E-state index contributed by atoms with van der Waals surface area (Å²) in [6.07, 6.45) is 2.84. The Morgan fingerprint density at radius 2 is 1.96 bits per heavy atom. The average Bonchev–Trinajstić information content (AvgIpc) is 3.34. The molecule has 124 valence electrons. The molecule has 1 saturated carbocycles. The number of carbonyl (C=O) groups is 3. The summed E-state index contributed by atoms with van der Waals surface area (Å²) in [5, 5.41) is 5.08. The number of methoxy groups -OCH3 is 1. The van der Waals surface area contributed by atoms with Crippen LogP contribution in [0.25, 0.3) is 0 Å². The van der Waals surface area contributed by atoms with Crippen LogP contribution in [0, 0.1) is 5.92 Å². The van der Waals surface area contributed by atoms with E-state index in [9.17, 15) is 14.4 Å². The molecule has 0 bridgehead atoms. The molecule has 8 nitrogen and oxygen atoms in total. The Morgan fingerprint density at radius 3 is 2.67 bits per heavy atom. The zero-order valence-electron chi connectivity index (χ0n) is 12.9. The standard InChI is InChI=1S/C16H15N3O5/c1-23-15(22)10-4-2-3-5-11(10)17-14(21)12-8-24-16(18-12)19-13(20)9-6-7-9/h2-5,8-9H,6-7H2,1H3,(H,17,21)(H,18,19,20). The Kier molecular flexibility index (Phi) is 4.28. The first-order valence-electron chi connectivity index (χ1n) is 7.33. The summed E-state index contributed by atoms with van der Waals surface area (Å²) in [5.41, 5.74) is 0.501. The van der Waals surface area contributed by atoms with Crippen LogP contribution >= 0.6 is 0 Å². The normalized spacial score (nSPS) is 13.2. The minimum absolute atomic E-state index is 0.00103. The third-order valence-corrected chi connectivity index (χ3v) is 3.50. The molecule has 1 heterocycles. The molecule has 1 aliphatic rings.